The standard InChI is InChI=1S/C14H21FN2O/c1-9(16)13(18)17-12(14(2,3)4)10-5-7-11(15)8-6-10/h5-9,12H,16H2,1-4H3,(H,17,18). The van der Waals surface area contributed by atoms with Crippen molar-refractivity contribution in [3.8, 4) is 0 Å². The van der Waals surface area contributed by atoms with E-state index in [-0.39, 0.29) is 23.2 Å². The van der Waals surface area contributed by atoms with E-state index in [1.54, 1.807) is 19.1 Å². The van der Waals surface area contributed by atoms with Crippen molar-refractivity contribution in [2.45, 2.75) is 39.8 Å². The Morgan fingerprint density at radius 1 is 1.28 bits per heavy atom. The molecule has 1 aromatic carbocycles. The molecule has 2 atom stereocenters. The van der Waals surface area contributed by atoms with E-state index in [1.807, 2.05) is 20.8 Å². The highest BCUT2D eigenvalue weighted by molar-refractivity contribution is 5.81. The van der Waals surface area contributed by atoms with Gasteiger partial charge in [0, 0.05) is 0 Å². The quantitative estimate of drug-likeness (QED) is 0.867. The first-order valence-corrected chi connectivity index (χ1v) is 6.03. The minimum Gasteiger partial charge on any atom is -0.347 e. The molecule has 0 aliphatic heterocycles. The third-order valence-electron chi connectivity index (χ3n) is 2.77. The molecule has 18 heavy (non-hydrogen) atoms. The second kappa shape index (κ2) is 5.48. The molecule has 0 saturated heterocycles. The second-order valence-corrected chi connectivity index (χ2v) is 5.65. The number of hydrogen-bond donors (Lipinski definition) is 2. The van der Waals surface area contributed by atoms with Crippen LogP contribution < -0.4 is 11.1 Å². The van der Waals surface area contributed by atoms with Crippen LogP contribution in [0.5, 0.6) is 0 Å². The number of carbonyl (C=O) groups excluding carboxylic acids is 1. The molecule has 1 rings (SSSR count). The van der Waals surface area contributed by atoms with Crippen molar-refractivity contribution in [3.63, 3.8) is 0 Å². The predicted octanol–water partition coefficient (Wildman–Crippen LogP) is 2.38. The van der Waals surface area contributed by atoms with Crippen LogP contribution in [-0.2, 0) is 4.79 Å². The molecule has 2 unspecified atom stereocenters. The normalized spacial score (nSPS) is 15.0. The lowest BCUT2D eigenvalue weighted by Gasteiger charge is -2.32. The molecule has 0 fully saturated rings. The number of amides is 1. The van der Waals surface area contributed by atoms with Crippen molar-refractivity contribution in [1.29, 1.82) is 0 Å². The summed E-state index contributed by atoms with van der Waals surface area (Å²) < 4.78 is 12.9. The van der Waals surface area contributed by atoms with Crippen LogP contribution in [0, 0.1) is 11.2 Å². The molecule has 0 aliphatic carbocycles. The van der Waals surface area contributed by atoms with Gasteiger partial charge in [0.15, 0.2) is 0 Å². The summed E-state index contributed by atoms with van der Waals surface area (Å²) in [7, 11) is 0. The monoisotopic (exact) mass is 252 g/mol. The number of carbonyl (C=O) groups is 1. The van der Waals surface area contributed by atoms with Gasteiger partial charge in [-0.15, -0.1) is 0 Å². The van der Waals surface area contributed by atoms with Crippen LogP contribution in [0.2, 0.25) is 0 Å². The molecule has 3 nitrogen and oxygen atoms in total. The van der Waals surface area contributed by atoms with E-state index in [1.165, 1.54) is 12.1 Å². The summed E-state index contributed by atoms with van der Waals surface area (Å²) in [5, 5.41) is 2.91. The zero-order valence-electron chi connectivity index (χ0n) is 11.3. The first-order chi connectivity index (χ1) is 8.21. The van der Waals surface area contributed by atoms with Crippen LogP contribution in [-0.4, -0.2) is 11.9 Å². The van der Waals surface area contributed by atoms with E-state index >= 15 is 0 Å². The number of nitrogens with two attached hydrogens (primary N) is 1. The van der Waals surface area contributed by atoms with Gasteiger partial charge >= 0.3 is 0 Å². The highest BCUT2D eigenvalue weighted by atomic mass is 19.1. The van der Waals surface area contributed by atoms with Crippen molar-refractivity contribution in [2.75, 3.05) is 0 Å². The Labute approximate surface area is 108 Å². The summed E-state index contributed by atoms with van der Waals surface area (Å²) in [6.07, 6.45) is 0. The molecule has 0 aromatic heterocycles. The molecule has 0 heterocycles. The summed E-state index contributed by atoms with van der Waals surface area (Å²) in [6, 6.07) is 5.41. The molecule has 1 amide bonds. The maximum absolute atomic E-state index is 12.9. The smallest absolute Gasteiger partial charge is 0.237 e. The maximum atomic E-state index is 12.9. The summed E-state index contributed by atoms with van der Waals surface area (Å²) >= 11 is 0. The number of hydrogen-bond acceptors (Lipinski definition) is 2. The second-order valence-electron chi connectivity index (χ2n) is 5.65. The largest absolute Gasteiger partial charge is 0.347 e. The van der Waals surface area contributed by atoms with Crippen LogP contribution in [0.3, 0.4) is 0 Å². The summed E-state index contributed by atoms with van der Waals surface area (Å²) in [4.78, 5) is 11.7. The Hall–Kier alpha value is -1.42. The van der Waals surface area contributed by atoms with Crippen LogP contribution in [0.25, 0.3) is 0 Å². The van der Waals surface area contributed by atoms with Crippen molar-refractivity contribution in [2.24, 2.45) is 11.1 Å². The summed E-state index contributed by atoms with van der Waals surface area (Å²) in [5.41, 5.74) is 6.25. The molecule has 0 bridgehead atoms. The van der Waals surface area contributed by atoms with Gasteiger partial charge in [-0.3, -0.25) is 4.79 Å². The molecule has 0 aliphatic rings. The lowest BCUT2D eigenvalue weighted by atomic mass is 9.82. The molecule has 0 radical (unpaired) electrons. The van der Waals surface area contributed by atoms with Crippen LogP contribution in [0.15, 0.2) is 24.3 Å². The first-order valence-electron chi connectivity index (χ1n) is 6.03. The summed E-state index contributed by atoms with van der Waals surface area (Å²) in [5.74, 6) is -0.496. The van der Waals surface area contributed by atoms with Crippen molar-refractivity contribution >= 4 is 5.91 Å². The minimum atomic E-state index is -0.560. The van der Waals surface area contributed by atoms with Gasteiger partial charge in [-0.05, 0) is 30.0 Å². The van der Waals surface area contributed by atoms with Gasteiger partial charge in [-0.1, -0.05) is 32.9 Å². The fourth-order valence-electron chi connectivity index (χ4n) is 1.73. The Morgan fingerprint density at radius 2 is 1.78 bits per heavy atom. The Kier molecular flexibility index (Phi) is 4.46. The number of halogens is 1. The van der Waals surface area contributed by atoms with E-state index in [9.17, 15) is 9.18 Å². The molecular weight excluding hydrogens is 231 g/mol. The van der Waals surface area contributed by atoms with Crippen molar-refractivity contribution in [1.82, 2.24) is 5.32 Å². The molecule has 0 saturated carbocycles. The van der Waals surface area contributed by atoms with E-state index in [2.05, 4.69) is 5.32 Å². The van der Waals surface area contributed by atoms with Crippen molar-refractivity contribution in [3.05, 3.63) is 35.6 Å². The molecule has 0 spiro atoms. The van der Waals surface area contributed by atoms with Gasteiger partial charge in [0.1, 0.15) is 5.82 Å². The van der Waals surface area contributed by atoms with Gasteiger partial charge in [-0.25, -0.2) is 4.39 Å². The van der Waals surface area contributed by atoms with Gasteiger partial charge in [0.2, 0.25) is 5.91 Å². The molecule has 1 aromatic rings. The van der Waals surface area contributed by atoms with E-state index in [0.29, 0.717) is 0 Å². The Morgan fingerprint density at radius 3 is 2.17 bits per heavy atom. The van der Waals surface area contributed by atoms with Gasteiger partial charge < -0.3 is 11.1 Å². The maximum Gasteiger partial charge on any atom is 0.237 e. The van der Waals surface area contributed by atoms with Crippen LogP contribution in [0.4, 0.5) is 4.39 Å². The molecule has 3 N–H and O–H groups in total. The molecule has 100 valence electrons. The molecular formula is C14H21FN2O. The third-order valence-corrected chi connectivity index (χ3v) is 2.77. The third kappa shape index (κ3) is 3.81. The predicted molar refractivity (Wildman–Crippen MR) is 70.4 cm³/mol. The lowest BCUT2D eigenvalue weighted by Crippen LogP contribution is -2.44. The topological polar surface area (TPSA) is 55.1 Å². The Balaban J connectivity index is 2.99. The van der Waals surface area contributed by atoms with Gasteiger partial charge in [-0.2, -0.15) is 0 Å². The summed E-state index contributed by atoms with van der Waals surface area (Å²) in [6.45, 7) is 7.69. The first kappa shape index (κ1) is 14.6. The number of benzene rings is 1. The lowest BCUT2D eigenvalue weighted by molar-refractivity contribution is -0.123. The average Bonchev–Trinajstić information content (AvgIpc) is 2.25. The van der Waals surface area contributed by atoms with E-state index < -0.39 is 6.04 Å². The average molecular weight is 252 g/mol. The van der Waals surface area contributed by atoms with E-state index in [4.69, 9.17) is 5.73 Å². The van der Waals surface area contributed by atoms with Crippen LogP contribution in [0.1, 0.15) is 39.3 Å². The highest BCUT2D eigenvalue weighted by Crippen LogP contribution is 2.32. The fraction of sp³-hybridized carbons (Fsp3) is 0.500. The van der Waals surface area contributed by atoms with Crippen LogP contribution >= 0.6 is 0 Å². The van der Waals surface area contributed by atoms with Crippen molar-refractivity contribution < 1.29 is 9.18 Å². The number of rotatable bonds is 3. The van der Waals surface area contributed by atoms with Gasteiger partial charge in [0.25, 0.3) is 0 Å². The van der Waals surface area contributed by atoms with E-state index in [0.717, 1.165) is 5.56 Å². The SMILES string of the molecule is CC(N)C(=O)NC(c1ccc(F)cc1)C(C)(C)C. The molecule has 4 heteroatoms. The zero-order chi connectivity index (χ0) is 13.9. The number of nitrogens with one attached hydrogen (secondary N) is 1. The zero-order valence-corrected chi connectivity index (χ0v) is 11.3. The highest BCUT2D eigenvalue weighted by Gasteiger charge is 2.28. The fourth-order valence-corrected chi connectivity index (χ4v) is 1.73. The van der Waals surface area contributed by atoms with Gasteiger partial charge in [0.05, 0.1) is 12.1 Å². The Bertz CT molecular complexity index is 407. The minimum absolute atomic E-state index is 0.178.